The number of aromatic hydroxyl groups is 1. The van der Waals surface area contributed by atoms with E-state index in [1.54, 1.807) is 43.4 Å². The first-order valence-electron chi connectivity index (χ1n) is 8.02. The van der Waals surface area contributed by atoms with Crippen molar-refractivity contribution < 1.29 is 14.3 Å². The molecule has 26 heavy (non-hydrogen) atoms. The second-order valence-electron chi connectivity index (χ2n) is 5.75. The van der Waals surface area contributed by atoms with E-state index in [1.165, 1.54) is 23.5 Å². The van der Waals surface area contributed by atoms with E-state index in [2.05, 4.69) is 15.6 Å². The fraction of sp³-hybridized carbons (Fsp3) is 0.158. The zero-order chi connectivity index (χ0) is 18.7. The smallest absolute Gasteiger partial charge is 0.251 e. The monoisotopic (exact) mass is 371 g/mol. The van der Waals surface area contributed by atoms with E-state index in [4.69, 9.17) is 0 Å². The van der Waals surface area contributed by atoms with Crippen LogP contribution in [0.25, 0.3) is 10.4 Å². The van der Waals surface area contributed by atoms with Crippen LogP contribution in [0.15, 0.2) is 48.5 Å². The standard InChI is InChI=1S/C19H18FN3O2S/c1-11(12-7-9-15(20)10-8-12)22-19-23-18(25)16(26-19)13-3-5-14(6-4-13)17(24)21-2/h3-11,25H,1-2H3,(H,21,24)(H,22,23)/t11-/m0/s1. The van der Waals surface area contributed by atoms with E-state index in [0.717, 1.165) is 11.1 Å². The van der Waals surface area contributed by atoms with E-state index < -0.39 is 0 Å². The highest BCUT2D eigenvalue weighted by molar-refractivity contribution is 7.19. The largest absolute Gasteiger partial charge is 0.492 e. The lowest BCUT2D eigenvalue weighted by molar-refractivity contribution is 0.0963. The lowest BCUT2D eigenvalue weighted by atomic mass is 10.1. The zero-order valence-electron chi connectivity index (χ0n) is 14.3. The van der Waals surface area contributed by atoms with Crippen LogP contribution in [-0.2, 0) is 0 Å². The van der Waals surface area contributed by atoms with Crippen LogP contribution in [-0.4, -0.2) is 23.0 Å². The summed E-state index contributed by atoms with van der Waals surface area (Å²) in [4.78, 5) is 16.4. The highest BCUT2D eigenvalue weighted by atomic mass is 32.1. The summed E-state index contributed by atoms with van der Waals surface area (Å²) < 4.78 is 13.0. The summed E-state index contributed by atoms with van der Waals surface area (Å²) in [6, 6.07) is 13.1. The molecule has 3 rings (SSSR count). The number of thiazole rings is 1. The van der Waals surface area contributed by atoms with Crippen molar-refractivity contribution in [3.63, 3.8) is 0 Å². The molecule has 1 heterocycles. The summed E-state index contributed by atoms with van der Waals surface area (Å²) in [5, 5.41) is 16.5. The Morgan fingerprint density at radius 3 is 2.42 bits per heavy atom. The second-order valence-corrected chi connectivity index (χ2v) is 6.74. The molecule has 0 bridgehead atoms. The van der Waals surface area contributed by atoms with Gasteiger partial charge in [-0.2, -0.15) is 4.98 Å². The molecule has 0 saturated carbocycles. The molecule has 2 aromatic carbocycles. The molecule has 3 aromatic rings. The van der Waals surface area contributed by atoms with Crippen molar-refractivity contribution in [2.75, 3.05) is 12.4 Å². The van der Waals surface area contributed by atoms with Gasteiger partial charge in [-0.05, 0) is 42.3 Å². The minimum absolute atomic E-state index is 0.0727. The van der Waals surface area contributed by atoms with Crippen LogP contribution in [0.4, 0.5) is 9.52 Å². The van der Waals surface area contributed by atoms with Crippen LogP contribution in [0.5, 0.6) is 5.88 Å². The number of halogens is 1. The number of amides is 1. The van der Waals surface area contributed by atoms with Gasteiger partial charge in [0.15, 0.2) is 5.13 Å². The molecule has 1 aromatic heterocycles. The predicted octanol–water partition coefficient (Wildman–Crippen LogP) is 4.19. The predicted molar refractivity (Wildman–Crippen MR) is 101 cm³/mol. The maximum atomic E-state index is 13.0. The average molecular weight is 371 g/mol. The summed E-state index contributed by atoms with van der Waals surface area (Å²) >= 11 is 1.31. The number of hydrogen-bond donors (Lipinski definition) is 3. The van der Waals surface area contributed by atoms with E-state index in [-0.39, 0.29) is 23.6 Å². The van der Waals surface area contributed by atoms with Gasteiger partial charge in [-0.25, -0.2) is 4.39 Å². The SMILES string of the molecule is CNC(=O)c1ccc(-c2sc(N[C@@H](C)c3ccc(F)cc3)nc2O)cc1. The minimum Gasteiger partial charge on any atom is -0.492 e. The molecule has 0 unspecified atom stereocenters. The third kappa shape index (κ3) is 3.83. The molecule has 0 spiro atoms. The molecule has 1 amide bonds. The number of hydrogen-bond acceptors (Lipinski definition) is 5. The van der Waals surface area contributed by atoms with Gasteiger partial charge in [-0.1, -0.05) is 35.6 Å². The molecule has 0 radical (unpaired) electrons. The van der Waals surface area contributed by atoms with Crippen LogP contribution in [0, 0.1) is 5.82 Å². The van der Waals surface area contributed by atoms with Gasteiger partial charge >= 0.3 is 0 Å². The maximum Gasteiger partial charge on any atom is 0.251 e. The maximum absolute atomic E-state index is 13.0. The first-order chi connectivity index (χ1) is 12.5. The molecule has 134 valence electrons. The number of benzene rings is 2. The highest BCUT2D eigenvalue weighted by Crippen LogP contribution is 2.38. The van der Waals surface area contributed by atoms with Crippen molar-refractivity contribution in [2.45, 2.75) is 13.0 Å². The Labute approximate surface area is 154 Å². The summed E-state index contributed by atoms with van der Waals surface area (Å²) in [5.74, 6) is -0.521. The number of carbonyl (C=O) groups is 1. The first kappa shape index (κ1) is 17.9. The Morgan fingerprint density at radius 2 is 1.81 bits per heavy atom. The summed E-state index contributed by atoms with van der Waals surface area (Å²) in [5.41, 5.74) is 2.23. The van der Waals surface area contributed by atoms with Crippen molar-refractivity contribution in [1.29, 1.82) is 0 Å². The normalized spacial score (nSPS) is 11.8. The lowest BCUT2D eigenvalue weighted by Crippen LogP contribution is -2.17. The van der Waals surface area contributed by atoms with Gasteiger partial charge in [-0.15, -0.1) is 0 Å². The van der Waals surface area contributed by atoms with E-state index in [1.807, 2.05) is 6.92 Å². The molecular weight excluding hydrogens is 353 g/mol. The van der Waals surface area contributed by atoms with Crippen LogP contribution in [0.1, 0.15) is 28.9 Å². The molecule has 0 aliphatic rings. The number of nitrogens with zero attached hydrogens (tertiary/aromatic N) is 1. The van der Waals surface area contributed by atoms with Gasteiger partial charge < -0.3 is 15.7 Å². The van der Waals surface area contributed by atoms with Crippen LogP contribution >= 0.6 is 11.3 Å². The Balaban J connectivity index is 1.78. The summed E-state index contributed by atoms with van der Waals surface area (Å²) in [6.07, 6.45) is 0. The average Bonchev–Trinajstić information content (AvgIpc) is 3.01. The second kappa shape index (κ2) is 7.53. The Bertz CT molecular complexity index is 908. The summed E-state index contributed by atoms with van der Waals surface area (Å²) in [6.45, 7) is 1.93. The first-order valence-corrected chi connectivity index (χ1v) is 8.84. The van der Waals surface area contributed by atoms with E-state index in [0.29, 0.717) is 15.6 Å². The minimum atomic E-state index is -0.282. The Kier molecular flexibility index (Phi) is 5.18. The van der Waals surface area contributed by atoms with Gasteiger partial charge in [-0.3, -0.25) is 4.79 Å². The molecular formula is C19H18FN3O2S. The summed E-state index contributed by atoms with van der Waals surface area (Å²) in [7, 11) is 1.57. The Morgan fingerprint density at radius 1 is 1.15 bits per heavy atom. The molecule has 5 nitrogen and oxygen atoms in total. The van der Waals surface area contributed by atoms with Gasteiger partial charge in [0.1, 0.15) is 5.82 Å². The van der Waals surface area contributed by atoms with E-state index >= 15 is 0 Å². The van der Waals surface area contributed by atoms with Crippen molar-refractivity contribution >= 4 is 22.4 Å². The fourth-order valence-electron chi connectivity index (χ4n) is 2.50. The third-order valence-electron chi connectivity index (χ3n) is 3.96. The number of nitrogens with one attached hydrogen (secondary N) is 2. The van der Waals surface area contributed by atoms with Gasteiger partial charge in [0.05, 0.1) is 10.9 Å². The Hall–Kier alpha value is -2.93. The molecule has 0 saturated heterocycles. The molecule has 0 aliphatic heterocycles. The molecule has 0 fully saturated rings. The van der Waals surface area contributed by atoms with Crippen LogP contribution in [0.2, 0.25) is 0 Å². The highest BCUT2D eigenvalue weighted by Gasteiger charge is 2.15. The van der Waals surface area contributed by atoms with E-state index in [9.17, 15) is 14.3 Å². The van der Waals surface area contributed by atoms with Crippen molar-refractivity contribution in [3.8, 4) is 16.3 Å². The molecule has 1 atom stereocenters. The van der Waals surface area contributed by atoms with Crippen molar-refractivity contribution in [2.24, 2.45) is 0 Å². The van der Waals surface area contributed by atoms with Crippen molar-refractivity contribution in [3.05, 3.63) is 65.5 Å². The van der Waals surface area contributed by atoms with Gasteiger partial charge in [0, 0.05) is 12.6 Å². The number of aromatic nitrogens is 1. The van der Waals surface area contributed by atoms with Crippen molar-refractivity contribution in [1.82, 2.24) is 10.3 Å². The molecule has 7 heteroatoms. The number of anilines is 1. The van der Waals surface area contributed by atoms with Gasteiger partial charge in [0.2, 0.25) is 5.88 Å². The topological polar surface area (TPSA) is 74.2 Å². The third-order valence-corrected chi connectivity index (χ3v) is 4.98. The fourth-order valence-corrected chi connectivity index (χ4v) is 3.45. The quantitative estimate of drug-likeness (QED) is 0.629. The zero-order valence-corrected chi connectivity index (χ0v) is 15.1. The number of carbonyl (C=O) groups excluding carboxylic acids is 1. The molecule has 3 N–H and O–H groups in total. The lowest BCUT2D eigenvalue weighted by Gasteiger charge is -2.12. The van der Waals surface area contributed by atoms with Gasteiger partial charge in [0.25, 0.3) is 5.91 Å². The van der Waals surface area contributed by atoms with Crippen LogP contribution in [0.3, 0.4) is 0 Å². The van der Waals surface area contributed by atoms with Crippen LogP contribution < -0.4 is 10.6 Å². The number of rotatable bonds is 5. The molecule has 0 aliphatic carbocycles.